The highest BCUT2D eigenvalue weighted by Crippen LogP contribution is 2.36. The van der Waals surface area contributed by atoms with Gasteiger partial charge in [-0.3, -0.25) is 0 Å². The summed E-state index contributed by atoms with van der Waals surface area (Å²) in [5, 5.41) is 8.52. The lowest BCUT2D eigenvalue weighted by atomic mass is 10.1. The molecule has 0 saturated heterocycles. The Hall–Kier alpha value is -2.10. The average molecular weight is 258 g/mol. The molecule has 0 amide bonds. The second-order valence-corrected chi connectivity index (χ2v) is 4.54. The van der Waals surface area contributed by atoms with Crippen LogP contribution in [0.25, 0.3) is 11.3 Å². The third-order valence-electron chi connectivity index (χ3n) is 2.96. The summed E-state index contributed by atoms with van der Waals surface area (Å²) in [7, 11) is 3.27. The van der Waals surface area contributed by atoms with Crippen LogP contribution in [0.5, 0.6) is 11.5 Å². The largest absolute Gasteiger partial charge is 0.496 e. The lowest BCUT2D eigenvalue weighted by molar-refractivity contribution is 0.397. The van der Waals surface area contributed by atoms with E-state index >= 15 is 0 Å². The molecular weight excluding hydrogens is 240 g/mol. The highest BCUT2D eigenvalue weighted by molar-refractivity contribution is 5.73. The van der Waals surface area contributed by atoms with Crippen LogP contribution in [0.1, 0.15) is 25.5 Å². The summed E-state index contributed by atoms with van der Waals surface area (Å²) in [6.07, 6.45) is 0. The Morgan fingerprint density at radius 3 is 1.95 bits per heavy atom. The molecule has 100 valence electrons. The van der Waals surface area contributed by atoms with Gasteiger partial charge in [-0.05, 0) is 30.2 Å². The normalized spacial score (nSPS) is 10.6. The maximum absolute atomic E-state index is 5.37. The molecule has 0 atom stereocenters. The Morgan fingerprint density at radius 1 is 0.895 bits per heavy atom. The van der Waals surface area contributed by atoms with E-state index in [2.05, 4.69) is 24.0 Å². The summed E-state index contributed by atoms with van der Waals surface area (Å²) < 4.78 is 10.7. The summed E-state index contributed by atoms with van der Waals surface area (Å²) in [4.78, 5) is 0. The van der Waals surface area contributed by atoms with E-state index in [0.29, 0.717) is 5.92 Å². The van der Waals surface area contributed by atoms with E-state index in [1.807, 2.05) is 30.3 Å². The number of benzene rings is 1. The maximum atomic E-state index is 5.37. The van der Waals surface area contributed by atoms with Gasteiger partial charge in [0, 0.05) is 0 Å². The van der Waals surface area contributed by atoms with Gasteiger partial charge in [-0.15, -0.1) is 5.10 Å². The standard InChI is InChI=1S/C15H18N2O2/c1-10(2)11-8-9-12(17-16-11)15-13(18-3)6-5-7-14(15)19-4/h5-10H,1-4H3. The third kappa shape index (κ3) is 2.67. The number of rotatable bonds is 4. The lowest BCUT2D eigenvalue weighted by Gasteiger charge is -2.12. The van der Waals surface area contributed by atoms with Crippen molar-refractivity contribution in [2.75, 3.05) is 14.2 Å². The van der Waals surface area contributed by atoms with E-state index in [4.69, 9.17) is 9.47 Å². The van der Waals surface area contributed by atoms with Crippen molar-refractivity contribution >= 4 is 0 Å². The molecule has 1 aromatic heterocycles. The second kappa shape index (κ2) is 5.69. The molecule has 0 spiro atoms. The van der Waals surface area contributed by atoms with E-state index in [-0.39, 0.29) is 0 Å². The van der Waals surface area contributed by atoms with Gasteiger partial charge in [0.2, 0.25) is 0 Å². The fourth-order valence-corrected chi connectivity index (χ4v) is 1.89. The first-order chi connectivity index (χ1) is 9.17. The predicted octanol–water partition coefficient (Wildman–Crippen LogP) is 3.28. The minimum atomic E-state index is 0.362. The highest BCUT2D eigenvalue weighted by atomic mass is 16.5. The zero-order chi connectivity index (χ0) is 13.8. The van der Waals surface area contributed by atoms with Crippen LogP contribution in [0, 0.1) is 0 Å². The van der Waals surface area contributed by atoms with Crippen LogP contribution >= 0.6 is 0 Å². The molecule has 0 aliphatic rings. The van der Waals surface area contributed by atoms with Crippen molar-refractivity contribution in [1.29, 1.82) is 0 Å². The number of aromatic nitrogens is 2. The first kappa shape index (κ1) is 13.3. The van der Waals surface area contributed by atoms with Crippen LogP contribution in [-0.4, -0.2) is 24.4 Å². The Bertz CT molecular complexity index is 528. The average Bonchev–Trinajstić information content (AvgIpc) is 2.46. The van der Waals surface area contributed by atoms with Crippen molar-refractivity contribution in [3.8, 4) is 22.8 Å². The summed E-state index contributed by atoms with van der Waals surface area (Å²) in [5.74, 6) is 1.82. The van der Waals surface area contributed by atoms with Crippen LogP contribution in [0.15, 0.2) is 30.3 Å². The molecule has 0 saturated carbocycles. The van der Waals surface area contributed by atoms with Gasteiger partial charge in [0.1, 0.15) is 17.2 Å². The number of hydrogen-bond acceptors (Lipinski definition) is 4. The smallest absolute Gasteiger partial charge is 0.132 e. The highest BCUT2D eigenvalue weighted by Gasteiger charge is 2.14. The van der Waals surface area contributed by atoms with Crippen molar-refractivity contribution in [1.82, 2.24) is 10.2 Å². The predicted molar refractivity (Wildman–Crippen MR) is 74.7 cm³/mol. The van der Waals surface area contributed by atoms with E-state index in [0.717, 1.165) is 28.5 Å². The van der Waals surface area contributed by atoms with Crippen molar-refractivity contribution in [3.63, 3.8) is 0 Å². The number of nitrogens with zero attached hydrogens (tertiary/aromatic N) is 2. The van der Waals surface area contributed by atoms with Gasteiger partial charge in [-0.25, -0.2) is 0 Å². The zero-order valence-corrected chi connectivity index (χ0v) is 11.7. The topological polar surface area (TPSA) is 44.2 Å². The van der Waals surface area contributed by atoms with Gasteiger partial charge in [0.05, 0.1) is 25.5 Å². The van der Waals surface area contributed by atoms with Gasteiger partial charge < -0.3 is 9.47 Å². The number of methoxy groups -OCH3 is 2. The Kier molecular flexibility index (Phi) is 4.00. The van der Waals surface area contributed by atoms with E-state index in [1.165, 1.54) is 0 Å². The second-order valence-electron chi connectivity index (χ2n) is 4.54. The van der Waals surface area contributed by atoms with Crippen LogP contribution in [0.4, 0.5) is 0 Å². The van der Waals surface area contributed by atoms with E-state index in [9.17, 15) is 0 Å². The minimum absolute atomic E-state index is 0.362. The van der Waals surface area contributed by atoms with Gasteiger partial charge >= 0.3 is 0 Å². The maximum Gasteiger partial charge on any atom is 0.132 e. The molecule has 2 rings (SSSR count). The molecule has 0 radical (unpaired) electrons. The third-order valence-corrected chi connectivity index (χ3v) is 2.96. The zero-order valence-electron chi connectivity index (χ0n) is 11.7. The van der Waals surface area contributed by atoms with Crippen LogP contribution in [0.3, 0.4) is 0 Å². The molecule has 4 heteroatoms. The SMILES string of the molecule is COc1cccc(OC)c1-c1ccc(C(C)C)nn1. The molecule has 0 unspecified atom stereocenters. The summed E-state index contributed by atoms with van der Waals surface area (Å²) in [6, 6.07) is 9.59. The van der Waals surface area contributed by atoms with Gasteiger partial charge in [0.25, 0.3) is 0 Å². The number of hydrogen-bond donors (Lipinski definition) is 0. The summed E-state index contributed by atoms with van der Waals surface area (Å²) >= 11 is 0. The van der Waals surface area contributed by atoms with Gasteiger partial charge in [-0.1, -0.05) is 19.9 Å². The molecule has 0 aliphatic heterocycles. The van der Waals surface area contributed by atoms with Crippen molar-refractivity contribution in [2.45, 2.75) is 19.8 Å². The Labute approximate surface area is 113 Å². The Morgan fingerprint density at radius 2 is 1.53 bits per heavy atom. The monoisotopic (exact) mass is 258 g/mol. The van der Waals surface area contributed by atoms with Gasteiger partial charge in [-0.2, -0.15) is 5.10 Å². The minimum Gasteiger partial charge on any atom is -0.496 e. The molecule has 1 aromatic carbocycles. The quantitative estimate of drug-likeness (QED) is 0.844. The first-order valence-corrected chi connectivity index (χ1v) is 6.22. The summed E-state index contributed by atoms with van der Waals surface area (Å²) in [6.45, 7) is 4.18. The fourth-order valence-electron chi connectivity index (χ4n) is 1.89. The molecular formula is C15H18N2O2. The van der Waals surface area contributed by atoms with Crippen LogP contribution in [-0.2, 0) is 0 Å². The number of ether oxygens (including phenoxy) is 2. The molecule has 4 nitrogen and oxygen atoms in total. The summed E-state index contributed by atoms with van der Waals surface area (Å²) in [5.41, 5.74) is 2.55. The molecule has 0 fully saturated rings. The van der Waals surface area contributed by atoms with Crippen molar-refractivity contribution in [2.24, 2.45) is 0 Å². The molecule has 0 aliphatic carbocycles. The van der Waals surface area contributed by atoms with Crippen LogP contribution < -0.4 is 9.47 Å². The Balaban J connectivity index is 2.51. The molecule has 2 aromatic rings. The van der Waals surface area contributed by atoms with Crippen LogP contribution in [0.2, 0.25) is 0 Å². The molecule has 0 N–H and O–H groups in total. The van der Waals surface area contributed by atoms with Gasteiger partial charge in [0.15, 0.2) is 0 Å². The molecule has 19 heavy (non-hydrogen) atoms. The van der Waals surface area contributed by atoms with E-state index in [1.54, 1.807) is 14.2 Å². The fraction of sp³-hybridized carbons (Fsp3) is 0.333. The first-order valence-electron chi connectivity index (χ1n) is 6.22. The van der Waals surface area contributed by atoms with Crippen molar-refractivity contribution in [3.05, 3.63) is 36.0 Å². The lowest BCUT2D eigenvalue weighted by Crippen LogP contribution is -1.99. The van der Waals surface area contributed by atoms with E-state index < -0.39 is 0 Å². The van der Waals surface area contributed by atoms with Crippen molar-refractivity contribution < 1.29 is 9.47 Å². The molecule has 1 heterocycles. The molecule has 0 bridgehead atoms.